The summed E-state index contributed by atoms with van der Waals surface area (Å²) in [6.45, 7) is 11.3. The highest BCUT2D eigenvalue weighted by atomic mass is 16.6. The quantitative estimate of drug-likeness (QED) is 0.143. The van der Waals surface area contributed by atoms with Crippen molar-refractivity contribution in [1.29, 1.82) is 0 Å². The van der Waals surface area contributed by atoms with Crippen molar-refractivity contribution >= 4 is 12.0 Å². The summed E-state index contributed by atoms with van der Waals surface area (Å²) in [4.78, 5) is 26.4. The number of para-hydroxylation sites is 2. The zero-order valence-electron chi connectivity index (χ0n) is 30.3. The minimum Gasteiger partial charge on any atom is -0.496 e. The lowest BCUT2D eigenvalue weighted by atomic mass is 9.87. The molecule has 3 aromatic rings. The van der Waals surface area contributed by atoms with Gasteiger partial charge in [0.2, 0.25) is 5.91 Å². The minimum absolute atomic E-state index is 0.0311. The van der Waals surface area contributed by atoms with E-state index >= 15 is 0 Å². The third-order valence-electron chi connectivity index (χ3n) is 8.35. The summed E-state index contributed by atoms with van der Waals surface area (Å²) in [5.74, 6) is 2.51. The maximum absolute atomic E-state index is 13.0. The van der Waals surface area contributed by atoms with Gasteiger partial charge in [0.1, 0.15) is 29.5 Å². The fraction of sp³-hybridized carbons (Fsp3) is 0.500. The standard InChI is InChI=1S/C40H54N2O8/c1-6-38(43)41-22-20-31-12-7-10-15-36(31)48-26-27-49-37-28-42(39(44)50-40(2,3)4)23-21-34(37)30-16-18-33(19-17-30)47-25-11-24-46-29-32-13-8-9-14-35(32)45-5/h7-10,12-19,34,37H,6,11,20-29H2,1-5H3,(H,41,43). The van der Waals surface area contributed by atoms with Gasteiger partial charge >= 0.3 is 6.09 Å². The van der Waals surface area contributed by atoms with Gasteiger partial charge in [-0.05, 0) is 69.0 Å². The first-order valence-electron chi connectivity index (χ1n) is 17.7. The fourth-order valence-electron chi connectivity index (χ4n) is 5.79. The zero-order valence-corrected chi connectivity index (χ0v) is 30.3. The number of carbonyl (C=O) groups is 2. The normalized spacial score (nSPS) is 16.1. The lowest BCUT2D eigenvalue weighted by Crippen LogP contribution is -2.48. The van der Waals surface area contributed by atoms with Gasteiger partial charge in [0.25, 0.3) is 0 Å². The average molecular weight is 691 g/mol. The van der Waals surface area contributed by atoms with Crippen LogP contribution in [0.2, 0.25) is 0 Å². The van der Waals surface area contributed by atoms with E-state index in [0.29, 0.717) is 65.5 Å². The van der Waals surface area contributed by atoms with Crippen LogP contribution >= 0.6 is 0 Å². The van der Waals surface area contributed by atoms with Crippen LogP contribution in [0.1, 0.15) is 69.6 Å². The largest absolute Gasteiger partial charge is 0.496 e. The predicted octanol–water partition coefficient (Wildman–Crippen LogP) is 6.94. The van der Waals surface area contributed by atoms with E-state index in [1.807, 2.05) is 88.4 Å². The first-order valence-corrected chi connectivity index (χ1v) is 17.7. The molecular weight excluding hydrogens is 636 g/mol. The Bertz CT molecular complexity index is 1470. The summed E-state index contributed by atoms with van der Waals surface area (Å²) < 4.78 is 35.5. The molecule has 1 saturated heterocycles. The number of piperidine rings is 1. The smallest absolute Gasteiger partial charge is 0.410 e. The summed E-state index contributed by atoms with van der Waals surface area (Å²) in [5.41, 5.74) is 2.60. The van der Waals surface area contributed by atoms with Crippen LogP contribution in [0.15, 0.2) is 72.8 Å². The molecule has 0 bridgehead atoms. The van der Waals surface area contributed by atoms with Crippen molar-refractivity contribution in [3.05, 3.63) is 89.5 Å². The Morgan fingerprint density at radius 1 is 0.860 bits per heavy atom. The lowest BCUT2D eigenvalue weighted by molar-refractivity contribution is -0.120. The van der Waals surface area contributed by atoms with E-state index < -0.39 is 5.60 Å². The van der Waals surface area contributed by atoms with E-state index in [2.05, 4.69) is 17.4 Å². The second kappa shape index (κ2) is 19.8. The molecule has 0 saturated carbocycles. The molecule has 0 radical (unpaired) electrons. The third kappa shape index (κ3) is 12.6. The van der Waals surface area contributed by atoms with Crippen LogP contribution in [0.3, 0.4) is 0 Å². The number of methoxy groups -OCH3 is 1. The van der Waals surface area contributed by atoms with Gasteiger partial charge in [0, 0.05) is 37.4 Å². The Morgan fingerprint density at radius 2 is 1.58 bits per heavy atom. The maximum atomic E-state index is 13.0. The van der Waals surface area contributed by atoms with E-state index in [-0.39, 0.29) is 24.0 Å². The summed E-state index contributed by atoms with van der Waals surface area (Å²) in [6, 6.07) is 23.8. The van der Waals surface area contributed by atoms with Crippen LogP contribution in [-0.2, 0) is 32.0 Å². The Labute approximate surface area is 297 Å². The van der Waals surface area contributed by atoms with Crippen LogP contribution in [0.5, 0.6) is 17.2 Å². The molecule has 1 fully saturated rings. The van der Waals surface area contributed by atoms with Crippen molar-refractivity contribution in [2.75, 3.05) is 53.2 Å². The number of nitrogens with zero attached hydrogens (tertiary/aromatic N) is 1. The number of ether oxygens (including phenoxy) is 6. The van der Waals surface area contributed by atoms with E-state index in [4.69, 9.17) is 28.4 Å². The summed E-state index contributed by atoms with van der Waals surface area (Å²) in [6.07, 6.45) is 2.06. The van der Waals surface area contributed by atoms with Gasteiger partial charge in [-0.3, -0.25) is 4.79 Å². The van der Waals surface area contributed by atoms with E-state index in [1.54, 1.807) is 12.0 Å². The highest BCUT2D eigenvalue weighted by molar-refractivity contribution is 5.75. The van der Waals surface area contributed by atoms with Gasteiger partial charge in [-0.2, -0.15) is 0 Å². The van der Waals surface area contributed by atoms with Gasteiger partial charge in [0.05, 0.1) is 46.2 Å². The van der Waals surface area contributed by atoms with Crippen LogP contribution < -0.4 is 19.5 Å². The molecule has 2 amide bonds. The molecule has 4 rings (SSSR count). The highest BCUT2D eigenvalue weighted by Gasteiger charge is 2.35. The van der Waals surface area contributed by atoms with Gasteiger partial charge in [-0.1, -0.05) is 55.5 Å². The summed E-state index contributed by atoms with van der Waals surface area (Å²) in [7, 11) is 1.66. The summed E-state index contributed by atoms with van der Waals surface area (Å²) >= 11 is 0. The second-order valence-corrected chi connectivity index (χ2v) is 13.3. The van der Waals surface area contributed by atoms with Crippen molar-refractivity contribution in [2.24, 2.45) is 0 Å². The molecule has 2 atom stereocenters. The van der Waals surface area contributed by atoms with E-state index in [9.17, 15) is 9.59 Å². The molecule has 1 aliphatic rings. The maximum Gasteiger partial charge on any atom is 0.410 e. The Kier molecular flexibility index (Phi) is 15.2. The van der Waals surface area contributed by atoms with Gasteiger partial charge in [-0.25, -0.2) is 4.79 Å². The van der Waals surface area contributed by atoms with E-state index in [0.717, 1.165) is 46.8 Å². The number of likely N-dealkylation sites (tertiary alicyclic amines) is 1. The lowest BCUT2D eigenvalue weighted by Gasteiger charge is -2.39. The van der Waals surface area contributed by atoms with Crippen molar-refractivity contribution in [3.63, 3.8) is 0 Å². The first kappa shape index (κ1) is 38.5. The fourth-order valence-corrected chi connectivity index (χ4v) is 5.79. The number of hydrogen-bond acceptors (Lipinski definition) is 8. The number of carbonyl (C=O) groups excluding carboxylic acids is 2. The number of amides is 2. The molecule has 272 valence electrons. The van der Waals surface area contributed by atoms with Gasteiger partial charge in [-0.15, -0.1) is 0 Å². The van der Waals surface area contributed by atoms with Crippen molar-refractivity contribution in [2.45, 2.75) is 77.6 Å². The predicted molar refractivity (Wildman–Crippen MR) is 193 cm³/mol. The Hall–Kier alpha value is -4.28. The monoisotopic (exact) mass is 690 g/mol. The molecular formula is C40H54N2O8. The van der Waals surface area contributed by atoms with Crippen LogP contribution in [-0.4, -0.2) is 81.8 Å². The van der Waals surface area contributed by atoms with Crippen LogP contribution in [0.25, 0.3) is 0 Å². The molecule has 2 unspecified atom stereocenters. The molecule has 50 heavy (non-hydrogen) atoms. The molecule has 1 N–H and O–H groups in total. The van der Waals surface area contributed by atoms with Crippen molar-refractivity contribution in [1.82, 2.24) is 10.2 Å². The van der Waals surface area contributed by atoms with Crippen LogP contribution in [0, 0.1) is 0 Å². The average Bonchev–Trinajstić information content (AvgIpc) is 3.11. The highest BCUT2D eigenvalue weighted by Crippen LogP contribution is 2.32. The molecule has 0 aromatic heterocycles. The van der Waals surface area contributed by atoms with Gasteiger partial charge < -0.3 is 38.6 Å². The van der Waals surface area contributed by atoms with Crippen LogP contribution in [0.4, 0.5) is 4.79 Å². The number of nitrogens with one attached hydrogen (secondary N) is 1. The molecule has 1 heterocycles. The molecule has 1 aliphatic heterocycles. The molecule has 10 heteroatoms. The first-order chi connectivity index (χ1) is 24.2. The number of rotatable bonds is 18. The second-order valence-electron chi connectivity index (χ2n) is 13.3. The number of benzene rings is 3. The topological polar surface area (TPSA) is 105 Å². The zero-order chi connectivity index (χ0) is 35.8. The molecule has 0 spiro atoms. The number of hydrogen-bond donors (Lipinski definition) is 1. The summed E-state index contributed by atoms with van der Waals surface area (Å²) in [5, 5.41) is 2.92. The van der Waals surface area contributed by atoms with Crippen molar-refractivity contribution in [3.8, 4) is 17.2 Å². The Morgan fingerprint density at radius 3 is 2.30 bits per heavy atom. The minimum atomic E-state index is -0.581. The SMILES string of the molecule is CCC(=O)NCCc1ccccc1OCCOC1CN(C(=O)OC(C)(C)C)CCC1c1ccc(OCCCOCc2ccccc2OC)cc1. The van der Waals surface area contributed by atoms with E-state index in [1.165, 1.54) is 0 Å². The molecule has 10 nitrogen and oxygen atoms in total. The molecule has 0 aliphatic carbocycles. The molecule has 3 aromatic carbocycles. The van der Waals surface area contributed by atoms with Crippen molar-refractivity contribution < 1.29 is 38.0 Å². The Balaban J connectivity index is 1.29. The third-order valence-corrected chi connectivity index (χ3v) is 8.35. The van der Waals surface area contributed by atoms with Gasteiger partial charge in [0.15, 0.2) is 0 Å².